The van der Waals surface area contributed by atoms with Gasteiger partial charge in [-0.3, -0.25) is 0 Å². The zero-order valence-corrected chi connectivity index (χ0v) is 11.5. The fraction of sp³-hybridized carbons (Fsp3) is 0.900. The van der Waals surface area contributed by atoms with E-state index in [1.54, 1.807) is 7.05 Å². The van der Waals surface area contributed by atoms with Gasteiger partial charge < -0.3 is 5.32 Å². The molecule has 2 unspecified atom stereocenters. The maximum absolute atomic E-state index is 11.5. The molecule has 1 N–H and O–H groups in total. The molecular formula is C10H19N5O2S. The molecule has 7 nitrogen and oxygen atoms in total. The summed E-state index contributed by atoms with van der Waals surface area (Å²) < 4.78 is 23.1. The summed E-state index contributed by atoms with van der Waals surface area (Å²) in [7, 11) is -1.13. The minimum Gasteiger partial charge on any atom is -0.313 e. The van der Waals surface area contributed by atoms with Crippen molar-refractivity contribution >= 4 is 9.84 Å². The van der Waals surface area contributed by atoms with Crippen molar-refractivity contribution in [3.63, 3.8) is 0 Å². The molecule has 2 heterocycles. The summed E-state index contributed by atoms with van der Waals surface area (Å²) in [5.41, 5.74) is 0. The molecule has 0 amide bonds. The first kappa shape index (κ1) is 13.4. The lowest BCUT2D eigenvalue weighted by atomic mass is 9.96. The van der Waals surface area contributed by atoms with Gasteiger partial charge in [0.1, 0.15) is 0 Å². The maximum atomic E-state index is 11.5. The van der Waals surface area contributed by atoms with Gasteiger partial charge in [0.2, 0.25) is 0 Å². The Bertz CT molecular complexity index is 498. The fourth-order valence-electron chi connectivity index (χ4n) is 2.41. The molecule has 18 heavy (non-hydrogen) atoms. The molecule has 2 atom stereocenters. The van der Waals surface area contributed by atoms with Crippen LogP contribution in [0.4, 0.5) is 0 Å². The molecule has 0 aliphatic carbocycles. The van der Waals surface area contributed by atoms with Gasteiger partial charge in [0, 0.05) is 12.5 Å². The van der Waals surface area contributed by atoms with Crippen molar-refractivity contribution in [2.45, 2.75) is 25.8 Å². The summed E-state index contributed by atoms with van der Waals surface area (Å²) in [6, 6.07) is 0.108. The minimum absolute atomic E-state index is 0.108. The molecule has 0 bridgehead atoms. The minimum atomic E-state index is -2.85. The van der Waals surface area contributed by atoms with Crippen LogP contribution in [0.25, 0.3) is 0 Å². The normalized spacial score (nSPS) is 24.2. The molecule has 1 saturated heterocycles. The monoisotopic (exact) mass is 273 g/mol. The quantitative estimate of drug-likeness (QED) is 0.753. The average molecular weight is 273 g/mol. The van der Waals surface area contributed by atoms with E-state index in [0.29, 0.717) is 18.0 Å². The Morgan fingerprint density at radius 3 is 2.83 bits per heavy atom. The van der Waals surface area contributed by atoms with Gasteiger partial charge in [0.25, 0.3) is 0 Å². The first-order valence-electron chi connectivity index (χ1n) is 6.17. The van der Waals surface area contributed by atoms with Crippen molar-refractivity contribution in [1.29, 1.82) is 0 Å². The Balaban J connectivity index is 2.04. The first-order valence-corrected chi connectivity index (χ1v) is 7.99. The van der Waals surface area contributed by atoms with Gasteiger partial charge in [0.15, 0.2) is 15.7 Å². The Morgan fingerprint density at radius 1 is 1.56 bits per heavy atom. The van der Waals surface area contributed by atoms with Crippen molar-refractivity contribution in [3.05, 3.63) is 5.82 Å². The van der Waals surface area contributed by atoms with Crippen LogP contribution in [0.1, 0.15) is 19.2 Å². The van der Waals surface area contributed by atoms with E-state index in [1.165, 1.54) is 4.80 Å². The van der Waals surface area contributed by atoms with Crippen LogP contribution in [0, 0.1) is 5.92 Å². The van der Waals surface area contributed by atoms with Crippen LogP contribution < -0.4 is 5.32 Å². The van der Waals surface area contributed by atoms with E-state index < -0.39 is 9.84 Å². The summed E-state index contributed by atoms with van der Waals surface area (Å²) in [5.74, 6) is 1.38. The predicted molar refractivity (Wildman–Crippen MR) is 66.7 cm³/mol. The van der Waals surface area contributed by atoms with Crippen molar-refractivity contribution in [2.24, 2.45) is 13.0 Å². The molecule has 1 aromatic heterocycles. The van der Waals surface area contributed by atoms with Crippen molar-refractivity contribution in [1.82, 2.24) is 25.5 Å². The summed E-state index contributed by atoms with van der Waals surface area (Å²) in [5, 5.41) is 15.2. The van der Waals surface area contributed by atoms with E-state index in [-0.39, 0.29) is 17.7 Å². The standard InChI is InChI=1S/C10H19N5O2S/c1-3-11-9(6-10-12-14-15(2)13-10)8-4-5-18(16,17)7-8/h8-9,11H,3-7H2,1-2H3. The molecule has 0 radical (unpaired) electrons. The summed E-state index contributed by atoms with van der Waals surface area (Å²) >= 11 is 0. The Hall–Kier alpha value is -1.02. The van der Waals surface area contributed by atoms with Gasteiger partial charge in [-0.25, -0.2) is 8.42 Å². The van der Waals surface area contributed by atoms with Crippen molar-refractivity contribution in [3.8, 4) is 0 Å². The van der Waals surface area contributed by atoms with Crippen LogP contribution in [0.2, 0.25) is 0 Å². The van der Waals surface area contributed by atoms with Crippen LogP contribution in [0.3, 0.4) is 0 Å². The molecule has 1 aromatic rings. The summed E-state index contributed by atoms with van der Waals surface area (Å²) in [6.45, 7) is 2.82. The second-order valence-electron chi connectivity index (χ2n) is 4.73. The highest BCUT2D eigenvalue weighted by atomic mass is 32.2. The van der Waals surface area contributed by atoms with Gasteiger partial charge in [-0.1, -0.05) is 6.92 Å². The van der Waals surface area contributed by atoms with Crippen LogP contribution in [0.5, 0.6) is 0 Å². The Kier molecular flexibility index (Phi) is 3.96. The number of nitrogens with zero attached hydrogens (tertiary/aromatic N) is 4. The zero-order valence-electron chi connectivity index (χ0n) is 10.7. The molecule has 1 fully saturated rings. The summed E-state index contributed by atoms with van der Waals surface area (Å²) in [4.78, 5) is 1.42. The smallest absolute Gasteiger partial charge is 0.176 e. The largest absolute Gasteiger partial charge is 0.313 e. The Labute approximate surface area is 107 Å². The number of hydrogen-bond acceptors (Lipinski definition) is 6. The SMILES string of the molecule is CCNC(Cc1nnn(C)n1)C1CCS(=O)(=O)C1. The van der Waals surface area contributed by atoms with E-state index in [2.05, 4.69) is 20.7 Å². The van der Waals surface area contributed by atoms with Gasteiger partial charge in [-0.15, -0.1) is 10.2 Å². The molecule has 2 rings (SSSR count). The molecule has 0 spiro atoms. The number of sulfone groups is 1. The molecule has 1 aliphatic heterocycles. The van der Waals surface area contributed by atoms with Gasteiger partial charge in [-0.05, 0) is 24.1 Å². The molecule has 0 saturated carbocycles. The topological polar surface area (TPSA) is 89.8 Å². The lowest BCUT2D eigenvalue weighted by Crippen LogP contribution is -2.39. The van der Waals surface area contributed by atoms with Gasteiger partial charge in [-0.2, -0.15) is 4.80 Å². The third kappa shape index (κ3) is 3.26. The zero-order chi connectivity index (χ0) is 13.2. The Morgan fingerprint density at radius 2 is 2.33 bits per heavy atom. The van der Waals surface area contributed by atoms with Crippen LogP contribution in [0.15, 0.2) is 0 Å². The number of likely N-dealkylation sites (N-methyl/N-ethyl adjacent to an activating group) is 1. The third-order valence-electron chi connectivity index (χ3n) is 3.26. The van der Waals surface area contributed by atoms with E-state index in [4.69, 9.17) is 0 Å². The molecule has 1 aliphatic rings. The second-order valence-corrected chi connectivity index (χ2v) is 6.96. The number of aromatic nitrogens is 4. The van der Waals surface area contributed by atoms with E-state index in [1.807, 2.05) is 6.92 Å². The fourth-order valence-corrected chi connectivity index (χ4v) is 4.29. The number of aryl methyl sites for hydroxylation is 1. The predicted octanol–water partition coefficient (Wildman–Crippen LogP) is -0.835. The highest BCUT2D eigenvalue weighted by molar-refractivity contribution is 7.91. The van der Waals surface area contributed by atoms with Crippen LogP contribution in [-0.4, -0.2) is 52.7 Å². The number of rotatable bonds is 5. The molecule has 102 valence electrons. The first-order chi connectivity index (χ1) is 8.50. The highest BCUT2D eigenvalue weighted by Gasteiger charge is 2.33. The molecule has 0 aromatic carbocycles. The number of nitrogens with one attached hydrogen (secondary N) is 1. The second kappa shape index (κ2) is 5.31. The highest BCUT2D eigenvalue weighted by Crippen LogP contribution is 2.23. The third-order valence-corrected chi connectivity index (χ3v) is 5.05. The summed E-state index contributed by atoms with van der Waals surface area (Å²) in [6.07, 6.45) is 1.35. The van der Waals surface area contributed by atoms with Crippen molar-refractivity contribution < 1.29 is 8.42 Å². The number of tetrazole rings is 1. The lowest BCUT2D eigenvalue weighted by Gasteiger charge is -2.21. The van der Waals surface area contributed by atoms with Crippen molar-refractivity contribution in [2.75, 3.05) is 18.1 Å². The van der Waals surface area contributed by atoms with Gasteiger partial charge in [0.05, 0.1) is 18.6 Å². The van der Waals surface area contributed by atoms with E-state index >= 15 is 0 Å². The number of hydrogen-bond donors (Lipinski definition) is 1. The lowest BCUT2D eigenvalue weighted by molar-refractivity contribution is 0.380. The van der Waals surface area contributed by atoms with Crippen LogP contribution >= 0.6 is 0 Å². The van der Waals surface area contributed by atoms with Gasteiger partial charge >= 0.3 is 0 Å². The van der Waals surface area contributed by atoms with E-state index in [9.17, 15) is 8.42 Å². The molecule has 8 heteroatoms. The van der Waals surface area contributed by atoms with E-state index in [0.717, 1.165) is 13.0 Å². The van der Waals surface area contributed by atoms with Crippen LogP contribution in [-0.2, 0) is 23.3 Å². The maximum Gasteiger partial charge on any atom is 0.176 e. The molecular weight excluding hydrogens is 254 g/mol. The average Bonchev–Trinajstić information content (AvgIpc) is 2.84.